The quantitative estimate of drug-likeness (QED) is 0.176. The average Bonchev–Trinajstić information content (AvgIpc) is 3.68. The summed E-state index contributed by atoms with van der Waals surface area (Å²) in [5.74, 6) is 0. The Labute approximate surface area is 307 Å². The molecule has 0 fully saturated rings. The van der Waals surface area contributed by atoms with Gasteiger partial charge in [0.05, 0.1) is 5.41 Å². The zero-order valence-electron chi connectivity index (χ0n) is 28.2. The molecule has 0 radical (unpaired) electrons. The van der Waals surface area contributed by atoms with E-state index in [1.54, 1.807) is 0 Å². The highest BCUT2D eigenvalue weighted by Crippen LogP contribution is 2.64. The van der Waals surface area contributed by atoms with Gasteiger partial charge in [-0.2, -0.15) is 0 Å². The highest BCUT2D eigenvalue weighted by atomic mass is 32.2. The van der Waals surface area contributed by atoms with Crippen LogP contribution < -0.4 is 0 Å². The molecular formula is C51H30S. The third-order valence-corrected chi connectivity index (χ3v) is 13.0. The first-order valence-corrected chi connectivity index (χ1v) is 18.9. The van der Waals surface area contributed by atoms with E-state index in [1.165, 1.54) is 109 Å². The maximum absolute atomic E-state index is 2.50. The molecule has 9 aromatic carbocycles. The van der Waals surface area contributed by atoms with Gasteiger partial charge in [-0.1, -0.05) is 163 Å². The first kappa shape index (κ1) is 28.5. The molecule has 1 aliphatic heterocycles. The molecule has 2 aliphatic carbocycles. The Morgan fingerprint density at radius 1 is 0.327 bits per heavy atom. The van der Waals surface area contributed by atoms with Crippen LogP contribution in [0.15, 0.2) is 192 Å². The van der Waals surface area contributed by atoms with Crippen molar-refractivity contribution in [3.05, 3.63) is 204 Å². The molecule has 1 heteroatoms. The Bertz CT molecular complexity index is 3000. The monoisotopic (exact) mass is 674 g/mol. The molecule has 0 aromatic heterocycles. The van der Waals surface area contributed by atoms with Gasteiger partial charge in [0.25, 0.3) is 0 Å². The van der Waals surface area contributed by atoms with Crippen molar-refractivity contribution in [2.45, 2.75) is 15.2 Å². The Morgan fingerprint density at radius 3 is 1.85 bits per heavy atom. The zero-order chi connectivity index (χ0) is 34.0. The first-order valence-electron chi connectivity index (χ1n) is 18.1. The highest BCUT2D eigenvalue weighted by Gasteiger charge is 2.52. The number of rotatable bonds is 2. The fraction of sp³-hybridized carbons (Fsp3) is 0.0196. The summed E-state index contributed by atoms with van der Waals surface area (Å²) in [6.45, 7) is 0. The normalized spacial score (nSPS) is 15.7. The third kappa shape index (κ3) is 3.68. The molecule has 1 unspecified atom stereocenters. The Kier molecular flexibility index (Phi) is 5.73. The predicted molar refractivity (Wildman–Crippen MR) is 218 cm³/mol. The second-order valence-corrected chi connectivity index (χ2v) is 15.4. The van der Waals surface area contributed by atoms with Gasteiger partial charge in [-0.05, 0) is 124 Å². The summed E-state index contributed by atoms with van der Waals surface area (Å²) in [5.41, 5.74) is 18.1. The van der Waals surface area contributed by atoms with E-state index in [4.69, 9.17) is 0 Å². The molecule has 0 amide bonds. The SMILES string of the molecule is c1cc(-c2ccc3c(c2)-c2cccc4cccc(c24)S3)cc(-c2ccc3c(c2)C2(c4ccccc4-3)c3ccccc3-c3c2ccc2ccccc32)c1. The minimum atomic E-state index is -0.386. The largest absolute Gasteiger partial charge is 0.0888 e. The second kappa shape index (κ2) is 10.4. The van der Waals surface area contributed by atoms with E-state index in [9.17, 15) is 0 Å². The number of benzene rings is 9. The molecule has 0 nitrogen and oxygen atoms in total. The molecule has 0 N–H and O–H groups in total. The summed E-state index contributed by atoms with van der Waals surface area (Å²) in [5, 5.41) is 5.27. The predicted octanol–water partition coefficient (Wildman–Crippen LogP) is 13.8. The zero-order valence-corrected chi connectivity index (χ0v) is 29.0. The van der Waals surface area contributed by atoms with Gasteiger partial charge in [0, 0.05) is 15.2 Å². The summed E-state index contributed by atoms with van der Waals surface area (Å²) in [6, 6.07) is 68.5. The number of hydrogen-bond donors (Lipinski definition) is 0. The Balaban J connectivity index is 1.04. The van der Waals surface area contributed by atoms with E-state index < -0.39 is 0 Å². The van der Waals surface area contributed by atoms with Crippen LogP contribution in [-0.4, -0.2) is 0 Å². The molecule has 0 saturated carbocycles. The van der Waals surface area contributed by atoms with Crippen molar-refractivity contribution < 1.29 is 0 Å². The standard InChI is InChI=1S/C51H30S/c1-2-15-37-31(10-1)23-26-45-50(37)41-17-4-6-20-44(41)51(45)43-19-5-3-16-38(43)39-25-22-36(30-46(39)51)34-14-7-13-33(28-34)35-24-27-47-42(29-35)40-18-8-11-32-12-9-21-48(52-47)49(32)40/h1-30H. The first-order chi connectivity index (χ1) is 25.8. The van der Waals surface area contributed by atoms with E-state index in [-0.39, 0.29) is 5.41 Å². The molecule has 1 atom stereocenters. The second-order valence-electron chi connectivity index (χ2n) is 14.4. The van der Waals surface area contributed by atoms with Crippen molar-refractivity contribution in [1.29, 1.82) is 0 Å². The highest BCUT2D eigenvalue weighted by molar-refractivity contribution is 7.99. The van der Waals surface area contributed by atoms with Gasteiger partial charge in [-0.3, -0.25) is 0 Å². The summed E-state index contributed by atoms with van der Waals surface area (Å²) in [4.78, 5) is 2.66. The van der Waals surface area contributed by atoms with Gasteiger partial charge in [-0.25, -0.2) is 0 Å². The van der Waals surface area contributed by atoms with Gasteiger partial charge in [0.15, 0.2) is 0 Å². The van der Waals surface area contributed by atoms with Gasteiger partial charge in [0.1, 0.15) is 0 Å². The van der Waals surface area contributed by atoms with Crippen molar-refractivity contribution in [3.63, 3.8) is 0 Å². The fourth-order valence-corrected chi connectivity index (χ4v) is 10.8. The maximum Gasteiger partial charge on any atom is 0.0725 e. The third-order valence-electron chi connectivity index (χ3n) is 11.9. The van der Waals surface area contributed by atoms with Crippen LogP contribution in [0.2, 0.25) is 0 Å². The van der Waals surface area contributed by atoms with Crippen LogP contribution in [0.4, 0.5) is 0 Å². The van der Waals surface area contributed by atoms with Crippen molar-refractivity contribution in [3.8, 4) is 55.6 Å². The minimum Gasteiger partial charge on any atom is -0.0888 e. The summed E-state index contributed by atoms with van der Waals surface area (Å²) in [6.07, 6.45) is 0. The Hall–Kier alpha value is -6.15. The van der Waals surface area contributed by atoms with Crippen LogP contribution in [0.3, 0.4) is 0 Å². The lowest BCUT2D eigenvalue weighted by Crippen LogP contribution is -2.25. The summed E-state index contributed by atoms with van der Waals surface area (Å²) >= 11 is 1.88. The van der Waals surface area contributed by atoms with E-state index in [1.807, 2.05) is 11.8 Å². The molecule has 3 aliphatic rings. The van der Waals surface area contributed by atoms with Crippen molar-refractivity contribution in [2.24, 2.45) is 0 Å². The fourth-order valence-electron chi connectivity index (χ4n) is 9.71. The van der Waals surface area contributed by atoms with Gasteiger partial charge < -0.3 is 0 Å². The molecule has 52 heavy (non-hydrogen) atoms. The smallest absolute Gasteiger partial charge is 0.0725 e. The summed E-state index contributed by atoms with van der Waals surface area (Å²) in [7, 11) is 0. The molecule has 9 aromatic rings. The van der Waals surface area contributed by atoms with Crippen LogP contribution in [0.25, 0.3) is 77.2 Å². The maximum atomic E-state index is 2.50. The van der Waals surface area contributed by atoms with E-state index >= 15 is 0 Å². The number of fused-ring (bicyclic) bond motifs is 14. The lowest BCUT2D eigenvalue weighted by atomic mass is 9.70. The van der Waals surface area contributed by atoms with E-state index in [0.29, 0.717) is 0 Å². The number of hydrogen-bond acceptors (Lipinski definition) is 1. The molecule has 0 saturated heterocycles. The van der Waals surface area contributed by atoms with Crippen LogP contribution in [0.5, 0.6) is 0 Å². The lowest BCUT2D eigenvalue weighted by molar-refractivity contribution is 0.795. The van der Waals surface area contributed by atoms with E-state index in [0.717, 1.165) is 0 Å². The molecule has 0 bridgehead atoms. The average molecular weight is 675 g/mol. The van der Waals surface area contributed by atoms with Crippen molar-refractivity contribution in [2.75, 3.05) is 0 Å². The molecule has 1 spiro atoms. The molecule has 240 valence electrons. The van der Waals surface area contributed by atoms with Gasteiger partial charge in [-0.15, -0.1) is 0 Å². The van der Waals surface area contributed by atoms with Crippen LogP contribution in [-0.2, 0) is 5.41 Å². The van der Waals surface area contributed by atoms with Crippen LogP contribution in [0.1, 0.15) is 22.3 Å². The molecule has 1 heterocycles. The minimum absolute atomic E-state index is 0.386. The lowest BCUT2D eigenvalue weighted by Gasteiger charge is -2.31. The van der Waals surface area contributed by atoms with Gasteiger partial charge >= 0.3 is 0 Å². The topological polar surface area (TPSA) is 0 Å². The molecular weight excluding hydrogens is 645 g/mol. The van der Waals surface area contributed by atoms with Crippen LogP contribution in [0, 0.1) is 0 Å². The Morgan fingerprint density at radius 2 is 0.962 bits per heavy atom. The van der Waals surface area contributed by atoms with Crippen molar-refractivity contribution in [1.82, 2.24) is 0 Å². The van der Waals surface area contributed by atoms with E-state index in [2.05, 4.69) is 182 Å². The summed E-state index contributed by atoms with van der Waals surface area (Å²) < 4.78 is 0. The van der Waals surface area contributed by atoms with Crippen molar-refractivity contribution >= 4 is 33.3 Å². The van der Waals surface area contributed by atoms with Gasteiger partial charge in [0.2, 0.25) is 0 Å². The molecule has 12 rings (SSSR count). The van der Waals surface area contributed by atoms with Crippen LogP contribution >= 0.6 is 11.8 Å².